The summed E-state index contributed by atoms with van der Waals surface area (Å²) in [5.41, 5.74) is 0.718. The normalized spacial score (nSPS) is 15.3. The van der Waals surface area contributed by atoms with Gasteiger partial charge in [-0.25, -0.2) is 4.98 Å². The van der Waals surface area contributed by atoms with Crippen LogP contribution in [0, 0.1) is 11.8 Å². The topological polar surface area (TPSA) is 28.6 Å². The van der Waals surface area contributed by atoms with Gasteiger partial charge in [0, 0.05) is 18.1 Å². The van der Waals surface area contributed by atoms with Gasteiger partial charge in [-0.15, -0.1) is 0 Å². The minimum Gasteiger partial charge on any atom is -0.378 e. The molecule has 0 aromatic carbocycles. The van der Waals surface area contributed by atoms with Crippen LogP contribution in [0.5, 0.6) is 0 Å². The van der Waals surface area contributed by atoms with Crippen LogP contribution in [-0.2, 0) is 4.74 Å². The van der Waals surface area contributed by atoms with Crippen molar-refractivity contribution in [1.82, 2.24) is 9.88 Å². The zero-order valence-electron chi connectivity index (χ0n) is 11.3. The molecule has 0 unspecified atom stereocenters. The zero-order chi connectivity index (χ0) is 13.7. The molecule has 0 saturated carbocycles. The molecule has 2 heterocycles. The standard InChI is InChI=1S/C14H18ClN3O/c1-17(2)5-3-4-13-10-12(15)11-14(16-13)18-6-8-19-9-7-18/h10-11H,5-9H2,1-2H3. The monoisotopic (exact) mass is 279 g/mol. The van der Waals surface area contributed by atoms with Crippen molar-refractivity contribution in [3.63, 3.8) is 0 Å². The van der Waals surface area contributed by atoms with Crippen molar-refractivity contribution in [2.45, 2.75) is 0 Å². The number of rotatable bonds is 2. The molecule has 1 aromatic heterocycles. The molecule has 0 amide bonds. The highest BCUT2D eigenvalue weighted by Gasteiger charge is 2.13. The fourth-order valence-electron chi connectivity index (χ4n) is 1.79. The fraction of sp³-hybridized carbons (Fsp3) is 0.500. The Kier molecular flexibility index (Phi) is 5.03. The maximum Gasteiger partial charge on any atom is 0.131 e. The van der Waals surface area contributed by atoms with Crippen LogP contribution in [0.3, 0.4) is 0 Å². The highest BCUT2D eigenvalue weighted by Crippen LogP contribution is 2.19. The summed E-state index contributed by atoms with van der Waals surface area (Å²) in [5.74, 6) is 7.00. The van der Waals surface area contributed by atoms with E-state index in [0.717, 1.165) is 37.8 Å². The minimum absolute atomic E-state index is 0.672. The summed E-state index contributed by atoms with van der Waals surface area (Å²) < 4.78 is 5.34. The number of hydrogen-bond donors (Lipinski definition) is 0. The first-order chi connectivity index (χ1) is 9.15. The molecule has 0 N–H and O–H groups in total. The van der Waals surface area contributed by atoms with E-state index in [9.17, 15) is 0 Å². The van der Waals surface area contributed by atoms with Crippen LogP contribution >= 0.6 is 11.6 Å². The second-order valence-corrected chi connectivity index (χ2v) is 5.10. The minimum atomic E-state index is 0.672. The lowest BCUT2D eigenvalue weighted by molar-refractivity contribution is 0.122. The summed E-state index contributed by atoms with van der Waals surface area (Å²) in [5, 5.41) is 0.672. The van der Waals surface area contributed by atoms with E-state index in [1.165, 1.54) is 0 Å². The molecule has 0 aliphatic carbocycles. The smallest absolute Gasteiger partial charge is 0.131 e. The summed E-state index contributed by atoms with van der Waals surface area (Å²) in [6.07, 6.45) is 0. The maximum absolute atomic E-state index is 6.13. The van der Waals surface area contributed by atoms with E-state index >= 15 is 0 Å². The van der Waals surface area contributed by atoms with Crippen LogP contribution in [0.1, 0.15) is 5.69 Å². The van der Waals surface area contributed by atoms with Crippen molar-refractivity contribution in [1.29, 1.82) is 0 Å². The first-order valence-electron chi connectivity index (χ1n) is 6.29. The van der Waals surface area contributed by atoms with Crippen molar-refractivity contribution in [3.05, 3.63) is 22.8 Å². The first-order valence-corrected chi connectivity index (χ1v) is 6.67. The van der Waals surface area contributed by atoms with E-state index in [4.69, 9.17) is 16.3 Å². The van der Waals surface area contributed by atoms with Crippen molar-refractivity contribution in [2.24, 2.45) is 0 Å². The molecule has 4 nitrogen and oxygen atoms in total. The van der Waals surface area contributed by atoms with Gasteiger partial charge in [-0.3, -0.25) is 4.90 Å². The van der Waals surface area contributed by atoms with E-state index in [2.05, 4.69) is 21.7 Å². The Bertz CT molecular complexity index is 487. The molecule has 1 saturated heterocycles. The number of halogens is 1. The summed E-state index contributed by atoms with van der Waals surface area (Å²) in [6.45, 7) is 3.86. The van der Waals surface area contributed by atoms with Gasteiger partial charge in [0.1, 0.15) is 11.5 Å². The molecule has 0 bridgehead atoms. The van der Waals surface area contributed by atoms with Crippen LogP contribution in [-0.4, -0.2) is 56.8 Å². The number of anilines is 1. The Morgan fingerprint density at radius 1 is 1.37 bits per heavy atom. The average Bonchev–Trinajstić information content (AvgIpc) is 2.39. The van der Waals surface area contributed by atoms with Crippen LogP contribution in [0.2, 0.25) is 5.02 Å². The predicted molar refractivity (Wildman–Crippen MR) is 77.7 cm³/mol. The van der Waals surface area contributed by atoms with Crippen LogP contribution in [0.25, 0.3) is 0 Å². The summed E-state index contributed by atoms with van der Waals surface area (Å²) in [4.78, 5) is 8.74. The van der Waals surface area contributed by atoms with E-state index in [1.54, 1.807) is 6.07 Å². The number of pyridine rings is 1. The molecular formula is C14H18ClN3O. The van der Waals surface area contributed by atoms with Gasteiger partial charge >= 0.3 is 0 Å². The third-order valence-corrected chi connectivity index (χ3v) is 2.94. The van der Waals surface area contributed by atoms with Gasteiger partial charge in [0.2, 0.25) is 0 Å². The lowest BCUT2D eigenvalue weighted by Gasteiger charge is -2.27. The van der Waals surface area contributed by atoms with E-state index < -0.39 is 0 Å². The van der Waals surface area contributed by atoms with Crippen molar-refractivity contribution < 1.29 is 4.74 Å². The number of hydrogen-bond acceptors (Lipinski definition) is 4. The molecule has 1 aliphatic heterocycles. The molecule has 1 aromatic rings. The highest BCUT2D eigenvalue weighted by atomic mass is 35.5. The molecule has 1 aliphatic rings. The molecule has 19 heavy (non-hydrogen) atoms. The summed E-state index contributed by atoms with van der Waals surface area (Å²) in [6, 6.07) is 3.68. The summed E-state index contributed by atoms with van der Waals surface area (Å²) in [7, 11) is 3.97. The summed E-state index contributed by atoms with van der Waals surface area (Å²) >= 11 is 6.13. The van der Waals surface area contributed by atoms with Crippen molar-refractivity contribution in [2.75, 3.05) is 51.8 Å². The zero-order valence-corrected chi connectivity index (χ0v) is 12.1. The van der Waals surface area contributed by atoms with Crippen molar-refractivity contribution >= 4 is 17.4 Å². The molecule has 0 atom stereocenters. The fourth-order valence-corrected chi connectivity index (χ4v) is 1.99. The average molecular weight is 280 g/mol. The molecule has 0 radical (unpaired) electrons. The molecule has 2 rings (SSSR count). The maximum atomic E-state index is 6.13. The third-order valence-electron chi connectivity index (χ3n) is 2.72. The Morgan fingerprint density at radius 3 is 2.79 bits per heavy atom. The lowest BCUT2D eigenvalue weighted by atomic mass is 10.3. The Balaban J connectivity index is 2.15. The molecular weight excluding hydrogens is 262 g/mol. The first kappa shape index (κ1) is 14.1. The Hall–Kier alpha value is -1.28. The Morgan fingerprint density at radius 2 is 2.11 bits per heavy atom. The van der Waals surface area contributed by atoms with E-state index in [0.29, 0.717) is 11.6 Å². The number of nitrogens with zero attached hydrogens (tertiary/aromatic N) is 3. The molecule has 102 valence electrons. The molecule has 0 spiro atoms. The van der Waals surface area contributed by atoms with Gasteiger partial charge in [0.25, 0.3) is 0 Å². The molecule has 1 fully saturated rings. The Labute approximate surface area is 119 Å². The van der Waals surface area contributed by atoms with E-state index in [-0.39, 0.29) is 0 Å². The second kappa shape index (κ2) is 6.76. The van der Waals surface area contributed by atoms with Gasteiger partial charge in [-0.1, -0.05) is 17.5 Å². The SMILES string of the molecule is CN(C)CC#Cc1cc(Cl)cc(N2CCOCC2)n1. The van der Waals surface area contributed by atoms with E-state index in [1.807, 2.05) is 25.1 Å². The van der Waals surface area contributed by atoms with Gasteiger partial charge in [-0.2, -0.15) is 0 Å². The second-order valence-electron chi connectivity index (χ2n) is 4.67. The lowest BCUT2D eigenvalue weighted by Crippen LogP contribution is -2.36. The third kappa shape index (κ3) is 4.39. The van der Waals surface area contributed by atoms with Crippen LogP contribution in [0.4, 0.5) is 5.82 Å². The van der Waals surface area contributed by atoms with Crippen LogP contribution < -0.4 is 4.90 Å². The number of aromatic nitrogens is 1. The largest absolute Gasteiger partial charge is 0.378 e. The van der Waals surface area contributed by atoms with Crippen LogP contribution in [0.15, 0.2) is 12.1 Å². The predicted octanol–water partition coefficient (Wildman–Crippen LogP) is 1.48. The number of morpholine rings is 1. The quantitative estimate of drug-likeness (QED) is 0.767. The van der Waals surface area contributed by atoms with Gasteiger partial charge in [0.15, 0.2) is 0 Å². The molecule has 5 heteroatoms. The van der Waals surface area contributed by atoms with Gasteiger partial charge < -0.3 is 9.64 Å². The highest BCUT2D eigenvalue weighted by molar-refractivity contribution is 6.30. The van der Waals surface area contributed by atoms with Crippen molar-refractivity contribution in [3.8, 4) is 11.8 Å². The van der Waals surface area contributed by atoms with Gasteiger partial charge in [-0.05, 0) is 32.1 Å². The number of ether oxygens (including phenoxy) is 1. The van der Waals surface area contributed by atoms with Gasteiger partial charge in [0.05, 0.1) is 19.8 Å².